The SMILES string of the molecule is O=C=NC(CCc1ccccc1)N=C=O. The molecule has 0 heterocycles. The molecule has 0 spiro atoms. The fraction of sp³-hybridized carbons (Fsp3) is 0.273. The molecule has 0 radical (unpaired) electrons. The van der Waals surface area contributed by atoms with E-state index < -0.39 is 6.17 Å². The molecule has 0 aliphatic heterocycles. The van der Waals surface area contributed by atoms with Crippen LogP contribution in [0.2, 0.25) is 0 Å². The fourth-order valence-corrected chi connectivity index (χ4v) is 1.22. The van der Waals surface area contributed by atoms with E-state index in [1.807, 2.05) is 30.3 Å². The lowest BCUT2D eigenvalue weighted by molar-refractivity contribution is 0.542. The summed E-state index contributed by atoms with van der Waals surface area (Å²) >= 11 is 0. The van der Waals surface area contributed by atoms with Crippen LogP contribution >= 0.6 is 0 Å². The van der Waals surface area contributed by atoms with Gasteiger partial charge < -0.3 is 0 Å². The second-order valence-corrected chi connectivity index (χ2v) is 2.95. The van der Waals surface area contributed by atoms with Gasteiger partial charge in [-0.1, -0.05) is 30.3 Å². The van der Waals surface area contributed by atoms with Crippen molar-refractivity contribution in [1.82, 2.24) is 0 Å². The molecular formula is C11H10N2O2. The largest absolute Gasteiger partial charge is 0.237 e. The lowest BCUT2D eigenvalue weighted by atomic mass is 10.1. The van der Waals surface area contributed by atoms with Crippen LogP contribution in [0.5, 0.6) is 0 Å². The molecule has 0 aliphatic rings. The van der Waals surface area contributed by atoms with E-state index in [9.17, 15) is 9.59 Å². The third kappa shape index (κ3) is 4.14. The molecule has 0 bridgehead atoms. The van der Waals surface area contributed by atoms with Crippen molar-refractivity contribution in [2.75, 3.05) is 0 Å². The molecule has 0 aliphatic carbocycles. The smallest absolute Gasteiger partial charge is 0.211 e. The van der Waals surface area contributed by atoms with E-state index in [-0.39, 0.29) is 0 Å². The van der Waals surface area contributed by atoms with Crippen LogP contribution in [0.25, 0.3) is 0 Å². The third-order valence-electron chi connectivity index (χ3n) is 1.94. The Morgan fingerprint density at radius 2 is 1.67 bits per heavy atom. The molecule has 0 fully saturated rings. The van der Waals surface area contributed by atoms with Crippen molar-refractivity contribution in [1.29, 1.82) is 0 Å². The van der Waals surface area contributed by atoms with E-state index in [4.69, 9.17) is 0 Å². The summed E-state index contributed by atoms with van der Waals surface area (Å²) < 4.78 is 0. The molecule has 4 nitrogen and oxygen atoms in total. The molecule has 15 heavy (non-hydrogen) atoms. The second-order valence-electron chi connectivity index (χ2n) is 2.95. The number of isocyanates is 2. The highest BCUT2D eigenvalue weighted by Crippen LogP contribution is 2.07. The first-order valence-corrected chi connectivity index (χ1v) is 4.54. The number of rotatable bonds is 5. The highest BCUT2D eigenvalue weighted by molar-refractivity contribution is 5.37. The molecule has 76 valence electrons. The molecule has 1 aromatic rings. The quantitative estimate of drug-likeness (QED) is 0.538. The summed E-state index contributed by atoms with van der Waals surface area (Å²) in [5.74, 6) is 0. The molecule has 4 heteroatoms. The monoisotopic (exact) mass is 202 g/mol. The van der Waals surface area contributed by atoms with Crippen molar-refractivity contribution in [3.63, 3.8) is 0 Å². The molecule has 0 saturated carbocycles. The average Bonchev–Trinajstić information content (AvgIpc) is 2.28. The van der Waals surface area contributed by atoms with Crippen LogP contribution in [-0.2, 0) is 16.0 Å². The van der Waals surface area contributed by atoms with Gasteiger partial charge in [0.2, 0.25) is 12.2 Å². The number of carbonyl (C=O) groups excluding carboxylic acids is 2. The van der Waals surface area contributed by atoms with Gasteiger partial charge in [-0.15, -0.1) is 0 Å². The normalized spacial score (nSPS) is 10.9. The molecular weight excluding hydrogens is 192 g/mol. The summed E-state index contributed by atoms with van der Waals surface area (Å²) in [6.45, 7) is 0. The van der Waals surface area contributed by atoms with E-state index >= 15 is 0 Å². The molecule has 0 amide bonds. The number of hydrogen-bond donors (Lipinski definition) is 0. The first kappa shape index (κ1) is 11.1. The van der Waals surface area contributed by atoms with Crippen molar-refractivity contribution in [2.24, 2.45) is 9.98 Å². The Kier molecular flexibility index (Phi) is 4.74. The molecule has 0 unspecified atom stereocenters. The van der Waals surface area contributed by atoms with Gasteiger partial charge in [0.15, 0.2) is 6.17 Å². The maximum Gasteiger partial charge on any atom is 0.237 e. The Morgan fingerprint density at radius 1 is 1.07 bits per heavy atom. The van der Waals surface area contributed by atoms with Crippen molar-refractivity contribution in [3.8, 4) is 0 Å². The first-order chi connectivity index (χ1) is 7.36. The zero-order valence-electron chi connectivity index (χ0n) is 8.09. The molecule has 1 aromatic carbocycles. The van der Waals surface area contributed by atoms with Gasteiger partial charge in [-0.2, -0.15) is 9.98 Å². The Labute approximate surface area is 87.4 Å². The number of aryl methyl sites for hydroxylation is 1. The summed E-state index contributed by atoms with van der Waals surface area (Å²) in [6, 6.07) is 9.71. The van der Waals surface area contributed by atoms with Crippen molar-refractivity contribution >= 4 is 12.2 Å². The topological polar surface area (TPSA) is 58.9 Å². The number of aliphatic imine (C=N–C) groups is 2. The summed E-state index contributed by atoms with van der Waals surface area (Å²) in [6.07, 6.45) is 3.35. The van der Waals surface area contributed by atoms with E-state index in [0.717, 1.165) is 5.56 Å². The highest BCUT2D eigenvalue weighted by Gasteiger charge is 2.04. The highest BCUT2D eigenvalue weighted by atomic mass is 16.1. The van der Waals surface area contributed by atoms with Gasteiger partial charge in [0.1, 0.15) is 0 Å². The Hall–Kier alpha value is -2.02. The standard InChI is InChI=1S/C11H10N2O2/c14-8-12-11(13-9-15)7-6-10-4-2-1-3-5-10/h1-5,11H,6-7H2. The van der Waals surface area contributed by atoms with Gasteiger partial charge in [-0.25, -0.2) is 9.59 Å². The lowest BCUT2D eigenvalue weighted by Gasteiger charge is -2.02. The number of nitrogens with zero attached hydrogens (tertiary/aromatic N) is 2. The molecule has 0 saturated heterocycles. The summed E-state index contributed by atoms with van der Waals surface area (Å²) in [5.41, 5.74) is 1.12. The van der Waals surface area contributed by atoms with Crippen LogP contribution in [-0.4, -0.2) is 18.3 Å². The van der Waals surface area contributed by atoms with Crippen LogP contribution in [0.4, 0.5) is 0 Å². The van der Waals surface area contributed by atoms with Gasteiger partial charge >= 0.3 is 0 Å². The van der Waals surface area contributed by atoms with Gasteiger partial charge in [0.25, 0.3) is 0 Å². The predicted molar refractivity (Wildman–Crippen MR) is 54.8 cm³/mol. The van der Waals surface area contributed by atoms with Gasteiger partial charge in [-0.05, 0) is 18.4 Å². The van der Waals surface area contributed by atoms with Gasteiger partial charge in [0, 0.05) is 0 Å². The van der Waals surface area contributed by atoms with E-state index in [1.54, 1.807) is 0 Å². The van der Waals surface area contributed by atoms with E-state index in [2.05, 4.69) is 9.98 Å². The second kappa shape index (κ2) is 6.44. The molecule has 0 aromatic heterocycles. The summed E-state index contributed by atoms with van der Waals surface area (Å²) in [5, 5.41) is 0. The zero-order valence-corrected chi connectivity index (χ0v) is 8.09. The Morgan fingerprint density at radius 3 is 2.20 bits per heavy atom. The van der Waals surface area contributed by atoms with Crippen LogP contribution in [0, 0.1) is 0 Å². The predicted octanol–water partition coefficient (Wildman–Crippen LogP) is 1.62. The average molecular weight is 202 g/mol. The maximum atomic E-state index is 10.0. The summed E-state index contributed by atoms with van der Waals surface area (Å²) in [7, 11) is 0. The number of hydrogen-bond acceptors (Lipinski definition) is 4. The van der Waals surface area contributed by atoms with Gasteiger partial charge in [-0.3, -0.25) is 0 Å². The molecule has 1 rings (SSSR count). The van der Waals surface area contributed by atoms with Crippen molar-refractivity contribution in [2.45, 2.75) is 19.0 Å². The minimum atomic E-state index is -0.653. The molecule has 0 N–H and O–H groups in total. The lowest BCUT2D eigenvalue weighted by Crippen LogP contribution is -2.02. The van der Waals surface area contributed by atoms with Crippen LogP contribution in [0.3, 0.4) is 0 Å². The van der Waals surface area contributed by atoms with Crippen molar-refractivity contribution < 1.29 is 9.59 Å². The van der Waals surface area contributed by atoms with Crippen LogP contribution in [0.1, 0.15) is 12.0 Å². The van der Waals surface area contributed by atoms with Crippen LogP contribution < -0.4 is 0 Å². The van der Waals surface area contributed by atoms with Crippen LogP contribution in [0.15, 0.2) is 40.3 Å². The van der Waals surface area contributed by atoms with Gasteiger partial charge in [0.05, 0.1) is 0 Å². The minimum Gasteiger partial charge on any atom is -0.211 e. The Balaban J connectivity index is 2.54. The zero-order chi connectivity index (χ0) is 10.9. The summed E-state index contributed by atoms with van der Waals surface area (Å²) in [4.78, 5) is 26.8. The molecule has 0 atom stereocenters. The number of benzene rings is 1. The van der Waals surface area contributed by atoms with Crippen molar-refractivity contribution in [3.05, 3.63) is 35.9 Å². The van der Waals surface area contributed by atoms with E-state index in [1.165, 1.54) is 12.2 Å². The third-order valence-corrected chi connectivity index (χ3v) is 1.94. The first-order valence-electron chi connectivity index (χ1n) is 4.54. The fourth-order valence-electron chi connectivity index (χ4n) is 1.22. The van der Waals surface area contributed by atoms with E-state index in [0.29, 0.717) is 12.8 Å². The minimum absolute atomic E-state index is 0.508. The maximum absolute atomic E-state index is 10.0. The Bertz CT molecular complexity index is 372.